The molecule has 3 saturated heterocycles. The summed E-state index contributed by atoms with van der Waals surface area (Å²) in [6, 6.07) is 4.01. The Balaban J connectivity index is 1.33. The first-order valence-electron chi connectivity index (χ1n) is 13.9. The van der Waals surface area contributed by atoms with Crippen molar-refractivity contribution in [2.24, 2.45) is 5.41 Å². The molecule has 0 saturated carbocycles. The molecule has 1 amide bonds. The zero-order valence-electron chi connectivity index (χ0n) is 23.7. The molecule has 0 spiro atoms. The van der Waals surface area contributed by atoms with Crippen molar-refractivity contribution in [3.8, 4) is 12.3 Å². The number of H-pyrrole nitrogens is 1. The Morgan fingerprint density at radius 1 is 1.08 bits per heavy atom. The second-order valence-corrected chi connectivity index (χ2v) is 13.3. The lowest BCUT2D eigenvalue weighted by Gasteiger charge is -2.43. The lowest BCUT2D eigenvalue weighted by molar-refractivity contribution is -0.242. The van der Waals surface area contributed by atoms with Gasteiger partial charge < -0.3 is 24.5 Å². The SMILES string of the molecule is C#Cc1c[nH]c(C(=O)Nc2ccc([C@H]3C[C@@]4(C)O[C@@](C)(C3)[C@@H]3OC(C)(C)O[C@@H]34)nc2C2=CCC(C)(C)CC2)n1. The molecule has 5 atom stereocenters. The Labute approximate surface area is 230 Å². The topological polar surface area (TPSA) is 98.4 Å². The van der Waals surface area contributed by atoms with Crippen LogP contribution in [0.25, 0.3) is 5.57 Å². The van der Waals surface area contributed by atoms with Crippen molar-refractivity contribution in [1.82, 2.24) is 15.0 Å². The van der Waals surface area contributed by atoms with E-state index in [9.17, 15) is 4.79 Å². The van der Waals surface area contributed by atoms with E-state index in [2.05, 4.69) is 55.0 Å². The molecule has 3 fully saturated rings. The third kappa shape index (κ3) is 4.61. The Bertz CT molecular complexity index is 1370. The second kappa shape index (κ2) is 8.76. The van der Waals surface area contributed by atoms with Crippen molar-refractivity contribution in [2.75, 3.05) is 5.32 Å². The zero-order chi connectivity index (χ0) is 27.8. The molecule has 2 N–H and O–H groups in total. The lowest BCUT2D eigenvalue weighted by Crippen LogP contribution is -2.46. The highest BCUT2D eigenvalue weighted by Gasteiger charge is 2.68. The first-order valence-corrected chi connectivity index (χ1v) is 13.9. The third-order valence-corrected chi connectivity index (χ3v) is 8.87. The van der Waals surface area contributed by atoms with Crippen LogP contribution in [0.1, 0.15) is 107 Å². The molecule has 6 rings (SSSR count). The van der Waals surface area contributed by atoms with Crippen LogP contribution in [0.3, 0.4) is 0 Å². The number of terminal acetylenes is 1. The fraction of sp³-hybridized carbons (Fsp3) is 0.581. The molecule has 2 aromatic rings. The number of ether oxygens (including phenoxy) is 3. The number of carbonyl (C=O) groups is 1. The number of carbonyl (C=O) groups excluding carboxylic acids is 1. The van der Waals surface area contributed by atoms with E-state index >= 15 is 0 Å². The summed E-state index contributed by atoms with van der Waals surface area (Å²) in [6.07, 6.45) is 13.5. The van der Waals surface area contributed by atoms with E-state index < -0.39 is 17.0 Å². The van der Waals surface area contributed by atoms with Crippen molar-refractivity contribution >= 4 is 17.2 Å². The number of pyridine rings is 1. The van der Waals surface area contributed by atoms with Crippen molar-refractivity contribution in [1.29, 1.82) is 0 Å². The molecule has 2 bridgehead atoms. The maximum absolute atomic E-state index is 13.0. The minimum atomic E-state index is -0.615. The summed E-state index contributed by atoms with van der Waals surface area (Å²) in [5.74, 6) is 1.82. The summed E-state index contributed by atoms with van der Waals surface area (Å²) in [7, 11) is 0. The highest BCUT2D eigenvalue weighted by Crippen LogP contribution is 2.58. The summed E-state index contributed by atoms with van der Waals surface area (Å²) in [4.78, 5) is 25.3. The van der Waals surface area contributed by atoms with Gasteiger partial charge in [-0.3, -0.25) is 9.78 Å². The summed E-state index contributed by atoms with van der Waals surface area (Å²) in [5, 5.41) is 3.03. The van der Waals surface area contributed by atoms with Gasteiger partial charge in [-0.1, -0.05) is 19.9 Å². The monoisotopic (exact) mass is 530 g/mol. The van der Waals surface area contributed by atoms with E-state index in [4.69, 9.17) is 25.6 Å². The van der Waals surface area contributed by atoms with Gasteiger partial charge in [0.2, 0.25) is 0 Å². The maximum Gasteiger partial charge on any atom is 0.291 e. The molecule has 39 heavy (non-hydrogen) atoms. The number of aromatic nitrogens is 3. The molecular weight excluding hydrogens is 492 g/mol. The maximum atomic E-state index is 13.0. The number of rotatable bonds is 4. The van der Waals surface area contributed by atoms with Crippen LogP contribution in [0.5, 0.6) is 0 Å². The van der Waals surface area contributed by atoms with Gasteiger partial charge in [-0.2, -0.15) is 0 Å². The Morgan fingerprint density at radius 3 is 2.36 bits per heavy atom. The van der Waals surface area contributed by atoms with Gasteiger partial charge in [0.25, 0.3) is 5.91 Å². The predicted octanol–water partition coefficient (Wildman–Crippen LogP) is 5.58. The number of anilines is 1. The molecule has 0 unspecified atom stereocenters. The molecular formula is C31H38N4O4. The van der Waals surface area contributed by atoms with Gasteiger partial charge in [0.15, 0.2) is 11.6 Å². The molecule has 0 aromatic carbocycles. The van der Waals surface area contributed by atoms with Crippen LogP contribution < -0.4 is 5.32 Å². The minimum absolute atomic E-state index is 0.120. The highest BCUT2D eigenvalue weighted by atomic mass is 16.8. The van der Waals surface area contributed by atoms with Crippen molar-refractivity contribution in [3.63, 3.8) is 0 Å². The number of amides is 1. The van der Waals surface area contributed by atoms with Gasteiger partial charge in [0, 0.05) is 17.8 Å². The van der Waals surface area contributed by atoms with Gasteiger partial charge in [0.1, 0.15) is 17.9 Å². The van der Waals surface area contributed by atoms with E-state index in [1.807, 2.05) is 26.0 Å². The van der Waals surface area contributed by atoms with Crippen LogP contribution in [0.15, 0.2) is 24.4 Å². The second-order valence-electron chi connectivity index (χ2n) is 13.3. The quantitative estimate of drug-likeness (QED) is 0.501. The minimum Gasteiger partial charge on any atom is -0.363 e. The first kappa shape index (κ1) is 26.2. The summed E-state index contributed by atoms with van der Waals surface area (Å²) in [6.45, 7) is 12.8. The van der Waals surface area contributed by atoms with E-state index in [-0.39, 0.29) is 35.3 Å². The molecule has 4 aliphatic rings. The Hall–Kier alpha value is -2.99. The zero-order valence-corrected chi connectivity index (χ0v) is 23.7. The van der Waals surface area contributed by atoms with Crippen LogP contribution in [0.2, 0.25) is 0 Å². The Kier molecular flexibility index (Phi) is 5.89. The molecule has 206 valence electrons. The molecule has 2 aromatic heterocycles. The fourth-order valence-corrected chi connectivity index (χ4v) is 6.91. The van der Waals surface area contributed by atoms with E-state index in [0.29, 0.717) is 11.4 Å². The number of nitrogens with one attached hydrogen (secondary N) is 2. The largest absolute Gasteiger partial charge is 0.363 e. The molecule has 3 aliphatic heterocycles. The molecule has 8 nitrogen and oxygen atoms in total. The number of imidazole rings is 1. The fourth-order valence-electron chi connectivity index (χ4n) is 6.91. The number of nitrogens with zero attached hydrogens (tertiary/aromatic N) is 2. The summed E-state index contributed by atoms with van der Waals surface area (Å²) in [5.41, 5.74) is 3.37. The lowest BCUT2D eigenvalue weighted by atomic mass is 9.77. The van der Waals surface area contributed by atoms with Gasteiger partial charge in [0.05, 0.1) is 22.6 Å². The standard InChI is InChI=1S/C31H38N4O4/c1-8-20-17-32-26(33-20)27(36)35-22-10-9-21(34-23(22)18-11-13-28(2,3)14-12-18)19-15-30(6)24-25(31(7,16-19)39-30)38-29(4,5)37-24/h1,9-11,17,19,24-25H,12-16H2,2-7H3,(H,32,33)(H,35,36)/t19-,24-,25+,30+,31-. The molecule has 0 radical (unpaired) electrons. The normalized spacial score (nSPS) is 34.2. The number of aromatic amines is 1. The molecule has 1 aliphatic carbocycles. The summed E-state index contributed by atoms with van der Waals surface area (Å²) < 4.78 is 19.3. The third-order valence-electron chi connectivity index (χ3n) is 8.87. The number of fused-ring (bicyclic) bond motifs is 5. The van der Waals surface area contributed by atoms with Crippen molar-refractivity contribution in [2.45, 2.75) is 109 Å². The summed E-state index contributed by atoms with van der Waals surface area (Å²) >= 11 is 0. The van der Waals surface area contributed by atoms with Crippen LogP contribution in [0, 0.1) is 17.8 Å². The average Bonchev–Trinajstić information content (AvgIpc) is 3.52. The highest BCUT2D eigenvalue weighted by molar-refractivity contribution is 6.03. The van der Waals surface area contributed by atoms with Crippen LogP contribution in [-0.4, -0.2) is 50.1 Å². The number of hydrogen-bond donors (Lipinski definition) is 2. The van der Waals surface area contributed by atoms with Gasteiger partial charge in [-0.05, 0) is 88.8 Å². The van der Waals surface area contributed by atoms with Gasteiger partial charge in [-0.15, -0.1) is 6.42 Å². The number of allylic oxidation sites excluding steroid dienone is 2. The Morgan fingerprint density at radius 2 is 1.77 bits per heavy atom. The average molecular weight is 531 g/mol. The van der Waals surface area contributed by atoms with E-state index in [0.717, 1.165) is 49.1 Å². The van der Waals surface area contributed by atoms with Crippen molar-refractivity contribution in [3.05, 3.63) is 47.3 Å². The van der Waals surface area contributed by atoms with Crippen LogP contribution >= 0.6 is 0 Å². The van der Waals surface area contributed by atoms with Gasteiger partial charge in [-0.25, -0.2) is 4.98 Å². The van der Waals surface area contributed by atoms with Gasteiger partial charge >= 0.3 is 0 Å². The van der Waals surface area contributed by atoms with Crippen LogP contribution in [0.4, 0.5) is 5.69 Å². The first-order chi connectivity index (χ1) is 18.3. The molecule has 5 heterocycles. The molecule has 8 heteroatoms. The van der Waals surface area contributed by atoms with Crippen molar-refractivity contribution < 1.29 is 19.0 Å². The smallest absolute Gasteiger partial charge is 0.291 e. The van der Waals surface area contributed by atoms with E-state index in [1.54, 1.807) is 6.20 Å². The predicted molar refractivity (Wildman–Crippen MR) is 148 cm³/mol. The van der Waals surface area contributed by atoms with Crippen LogP contribution in [-0.2, 0) is 14.2 Å². The number of hydrogen-bond acceptors (Lipinski definition) is 6. The van der Waals surface area contributed by atoms with E-state index in [1.165, 1.54) is 0 Å².